The largest absolute Gasteiger partial charge is 0.304 e. The molecule has 2 aromatic carbocycles. The molecule has 1 aromatic heterocycles. The summed E-state index contributed by atoms with van der Waals surface area (Å²) in [5.74, 6) is 0.551. The number of rotatable bonds is 3. The van der Waals surface area contributed by atoms with Gasteiger partial charge in [0.1, 0.15) is 5.82 Å². The van der Waals surface area contributed by atoms with Crippen LogP contribution in [0.15, 0.2) is 47.6 Å². The van der Waals surface area contributed by atoms with Crippen LogP contribution < -0.4 is 5.14 Å². The van der Waals surface area contributed by atoms with E-state index in [0.717, 1.165) is 16.3 Å². The Hall–Kier alpha value is -2.25. The fraction of sp³-hybridized carbons (Fsp3) is 0.143. The van der Waals surface area contributed by atoms with Crippen molar-refractivity contribution in [2.45, 2.75) is 11.6 Å². The summed E-state index contributed by atoms with van der Waals surface area (Å²) < 4.78 is 24.2. The van der Waals surface area contributed by atoms with Gasteiger partial charge < -0.3 is 4.57 Å². The van der Waals surface area contributed by atoms with E-state index in [9.17, 15) is 8.42 Å². The van der Waals surface area contributed by atoms with Gasteiger partial charge in [0.2, 0.25) is 0 Å². The molecule has 0 aliphatic carbocycles. The van der Waals surface area contributed by atoms with Gasteiger partial charge in [0.15, 0.2) is 0 Å². The van der Waals surface area contributed by atoms with Gasteiger partial charge in [-0.1, -0.05) is 42.5 Å². The number of fused-ring (bicyclic) bond motifs is 1. The molecule has 21 heavy (non-hydrogen) atoms. The number of hydrogen-bond donors (Lipinski definition) is 1. The highest BCUT2D eigenvalue weighted by Crippen LogP contribution is 2.21. The molecule has 0 aliphatic heterocycles. The molecule has 0 aliphatic rings. The molecular formula is C14H14N4O2S. The maximum absolute atomic E-state index is 11.4. The molecule has 0 radical (unpaired) electrons. The number of hydrogen-bond acceptors (Lipinski definition) is 4. The maximum Gasteiger partial charge on any atom is 0.273 e. The van der Waals surface area contributed by atoms with Gasteiger partial charge in [-0.25, -0.2) is 13.6 Å². The van der Waals surface area contributed by atoms with Crippen LogP contribution in [0.5, 0.6) is 0 Å². The molecule has 3 rings (SSSR count). The van der Waals surface area contributed by atoms with Crippen molar-refractivity contribution in [1.29, 1.82) is 0 Å². The zero-order valence-electron chi connectivity index (χ0n) is 11.4. The van der Waals surface area contributed by atoms with E-state index in [1.165, 1.54) is 4.57 Å². The third-order valence-corrected chi connectivity index (χ3v) is 4.27. The minimum absolute atomic E-state index is 0.224. The van der Waals surface area contributed by atoms with Crippen molar-refractivity contribution in [3.05, 3.63) is 53.9 Å². The van der Waals surface area contributed by atoms with Crippen LogP contribution in [0.4, 0.5) is 0 Å². The van der Waals surface area contributed by atoms with E-state index in [0.29, 0.717) is 12.2 Å². The lowest BCUT2D eigenvalue weighted by molar-refractivity contribution is 0.578. The quantitative estimate of drug-likeness (QED) is 0.787. The highest BCUT2D eigenvalue weighted by molar-refractivity contribution is 7.89. The first-order valence-corrected chi connectivity index (χ1v) is 7.89. The van der Waals surface area contributed by atoms with Crippen molar-refractivity contribution in [3.63, 3.8) is 0 Å². The third-order valence-electron chi connectivity index (χ3n) is 3.41. The second kappa shape index (κ2) is 4.94. The molecule has 0 amide bonds. The minimum atomic E-state index is -3.86. The first-order chi connectivity index (χ1) is 9.97. The molecule has 0 bridgehead atoms. The van der Waals surface area contributed by atoms with Crippen molar-refractivity contribution >= 4 is 20.8 Å². The van der Waals surface area contributed by atoms with Crippen molar-refractivity contribution < 1.29 is 8.42 Å². The normalized spacial score (nSPS) is 11.9. The lowest BCUT2D eigenvalue weighted by Crippen LogP contribution is -2.17. The van der Waals surface area contributed by atoms with Gasteiger partial charge in [0.05, 0.1) is 0 Å². The second-order valence-corrected chi connectivity index (χ2v) is 6.27. The summed E-state index contributed by atoms with van der Waals surface area (Å²) >= 11 is 0. The van der Waals surface area contributed by atoms with Crippen molar-refractivity contribution in [2.24, 2.45) is 12.2 Å². The number of aromatic nitrogens is 3. The molecule has 2 N–H and O–H groups in total. The summed E-state index contributed by atoms with van der Waals surface area (Å²) in [4.78, 5) is 0. The summed E-state index contributed by atoms with van der Waals surface area (Å²) in [5.41, 5.74) is 1.06. The lowest BCUT2D eigenvalue weighted by atomic mass is 10.0. The van der Waals surface area contributed by atoms with E-state index in [4.69, 9.17) is 5.14 Å². The van der Waals surface area contributed by atoms with Crippen LogP contribution in [0.2, 0.25) is 0 Å². The third kappa shape index (κ3) is 2.53. The Morgan fingerprint density at radius 3 is 2.52 bits per heavy atom. The molecule has 0 atom stereocenters. The Morgan fingerprint density at radius 2 is 1.81 bits per heavy atom. The van der Waals surface area contributed by atoms with Gasteiger partial charge in [-0.3, -0.25) is 0 Å². The summed E-state index contributed by atoms with van der Waals surface area (Å²) in [5, 5.41) is 14.7. The minimum Gasteiger partial charge on any atom is -0.304 e. The Kier molecular flexibility index (Phi) is 3.23. The van der Waals surface area contributed by atoms with E-state index in [1.807, 2.05) is 42.5 Å². The standard InChI is InChI=1S/C14H14N4O2S/c1-18-13(16-17-14(18)21(15,19)20)9-11-7-4-6-10-5-2-3-8-12(10)11/h2-8H,9H2,1H3,(H2,15,19,20). The predicted octanol–water partition coefficient (Wildman–Crippen LogP) is 1.21. The molecular weight excluding hydrogens is 288 g/mol. The van der Waals surface area contributed by atoms with Crippen LogP contribution in [0.25, 0.3) is 10.8 Å². The molecule has 0 saturated carbocycles. The van der Waals surface area contributed by atoms with Gasteiger partial charge in [-0.05, 0) is 16.3 Å². The van der Waals surface area contributed by atoms with Gasteiger partial charge in [0.25, 0.3) is 15.2 Å². The molecule has 0 fully saturated rings. The SMILES string of the molecule is Cn1c(Cc2cccc3ccccc23)nnc1S(N)(=O)=O. The molecule has 0 spiro atoms. The number of sulfonamides is 1. The van der Waals surface area contributed by atoms with E-state index >= 15 is 0 Å². The fourth-order valence-electron chi connectivity index (χ4n) is 2.36. The van der Waals surface area contributed by atoms with E-state index in [2.05, 4.69) is 10.2 Å². The molecule has 6 nitrogen and oxygen atoms in total. The van der Waals surface area contributed by atoms with E-state index < -0.39 is 10.0 Å². The maximum atomic E-state index is 11.4. The molecule has 1 heterocycles. The topological polar surface area (TPSA) is 90.9 Å². The van der Waals surface area contributed by atoms with Crippen LogP contribution in [0, 0.1) is 0 Å². The fourth-order valence-corrected chi connectivity index (χ4v) is 3.01. The first kappa shape index (κ1) is 13.7. The van der Waals surface area contributed by atoms with Gasteiger partial charge >= 0.3 is 0 Å². The Bertz CT molecular complexity index is 910. The van der Waals surface area contributed by atoms with Crippen LogP contribution in [0.1, 0.15) is 11.4 Å². The van der Waals surface area contributed by atoms with Crippen LogP contribution in [-0.4, -0.2) is 23.2 Å². The molecule has 0 unspecified atom stereocenters. The van der Waals surface area contributed by atoms with E-state index in [-0.39, 0.29) is 5.16 Å². The average molecular weight is 302 g/mol. The van der Waals surface area contributed by atoms with Crippen LogP contribution in [-0.2, 0) is 23.5 Å². The Balaban J connectivity index is 2.06. The second-order valence-electron chi connectivity index (χ2n) is 4.82. The molecule has 7 heteroatoms. The number of primary sulfonamides is 1. The molecule has 0 saturated heterocycles. The van der Waals surface area contributed by atoms with Crippen molar-refractivity contribution in [2.75, 3.05) is 0 Å². The Labute approximate surface area is 122 Å². The first-order valence-electron chi connectivity index (χ1n) is 6.34. The number of nitrogens with two attached hydrogens (primary N) is 1. The highest BCUT2D eigenvalue weighted by atomic mass is 32.2. The molecule has 108 valence electrons. The average Bonchev–Trinajstić information content (AvgIpc) is 2.81. The Morgan fingerprint density at radius 1 is 1.10 bits per heavy atom. The number of benzene rings is 2. The summed E-state index contributed by atoms with van der Waals surface area (Å²) in [6.07, 6.45) is 0.486. The summed E-state index contributed by atoms with van der Waals surface area (Å²) in [7, 11) is -2.26. The van der Waals surface area contributed by atoms with Crippen LogP contribution >= 0.6 is 0 Å². The summed E-state index contributed by atoms with van der Waals surface area (Å²) in [6, 6.07) is 14.0. The molecule has 3 aromatic rings. The van der Waals surface area contributed by atoms with Crippen LogP contribution in [0.3, 0.4) is 0 Å². The monoisotopic (exact) mass is 302 g/mol. The van der Waals surface area contributed by atoms with Crippen molar-refractivity contribution in [1.82, 2.24) is 14.8 Å². The predicted molar refractivity (Wildman–Crippen MR) is 79.1 cm³/mol. The van der Waals surface area contributed by atoms with E-state index in [1.54, 1.807) is 7.05 Å². The smallest absolute Gasteiger partial charge is 0.273 e. The number of nitrogens with zero attached hydrogens (tertiary/aromatic N) is 3. The van der Waals surface area contributed by atoms with Gasteiger partial charge in [0, 0.05) is 13.5 Å². The van der Waals surface area contributed by atoms with Gasteiger partial charge in [-0.2, -0.15) is 0 Å². The zero-order valence-corrected chi connectivity index (χ0v) is 12.2. The highest BCUT2D eigenvalue weighted by Gasteiger charge is 2.18. The summed E-state index contributed by atoms with van der Waals surface area (Å²) in [6.45, 7) is 0. The van der Waals surface area contributed by atoms with Gasteiger partial charge in [-0.15, -0.1) is 10.2 Å². The zero-order chi connectivity index (χ0) is 15.0. The lowest BCUT2D eigenvalue weighted by Gasteiger charge is -2.06. The van der Waals surface area contributed by atoms with Crippen molar-refractivity contribution in [3.8, 4) is 0 Å².